The molecule has 0 radical (unpaired) electrons. The Hall–Kier alpha value is -3.02. The van der Waals surface area contributed by atoms with Crippen LogP contribution in [0.15, 0.2) is 85.1 Å². The molecule has 1 fully saturated rings. The predicted molar refractivity (Wildman–Crippen MR) is 123 cm³/mol. The minimum atomic E-state index is 0.0829. The molecule has 3 aromatic rings. The zero-order valence-electron chi connectivity index (χ0n) is 17.9. The quantitative estimate of drug-likeness (QED) is 0.613. The van der Waals surface area contributed by atoms with E-state index >= 15 is 0 Å². The zero-order valence-corrected chi connectivity index (χ0v) is 17.9. The molecule has 0 spiro atoms. The van der Waals surface area contributed by atoms with E-state index in [2.05, 4.69) is 80.8 Å². The van der Waals surface area contributed by atoms with Crippen molar-refractivity contribution in [2.75, 3.05) is 32.7 Å². The van der Waals surface area contributed by atoms with Crippen molar-refractivity contribution in [3.63, 3.8) is 0 Å². The van der Waals surface area contributed by atoms with Gasteiger partial charge in [0, 0.05) is 45.3 Å². The summed E-state index contributed by atoms with van der Waals surface area (Å²) >= 11 is 0. The van der Waals surface area contributed by atoms with Gasteiger partial charge in [-0.3, -0.25) is 14.7 Å². The van der Waals surface area contributed by atoms with Gasteiger partial charge >= 0.3 is 0 Å². The Labute approximate surface area is 184 Å². The maximum Gasteiger partial charge on any atom is 0.221 e. The summed E-state index contributed by atoms with van der Waals surface area (Å²) in [5.41, 5.74) is 3.55. The summed E-state index contributed by atoms with van der Waals surface area (Å²) in [6.45, 7) is 5.22. The van der Waals surface area contributed by atoms with E-state index in [0.29, 0.717) is 13.0 Å². The maximum absolute atomic E-state index is 12.2. The van der Waals surface area contributed by atoms with Crippen LogP contribution in [-0.4, -0.2) is 53.4 Å². The van der Waals surface area contributed by atoms with Gasteiger partial charge in [0.25, 0.3) is 0 Å². The van der Waals surface area contributed by atoms with Crippen LogP contribution in [0.5, 0.6) is 0 Å². The van der Waals surface area contributed by atoms with Gasteiger partial charge < -0.3 is 10.2 Å². The van der Waals surface area contributed by atoms with E-state index in [1.165, 1.54) is 11.1 Å². The fourth-order valence-electron chi connectivity index (χ4n) is 4.17. The van der Waals surface area contributed by atoms with Crippen molar-refractivity contribution in [1.29, 1.82) is 0 Å². The van der Waals surface area contributed by atoms with E-state index in [0.717, 1.165) is 38.4 Å². The molecule has 1 N–H and O–H groups in total. The minimum absolute atomic E-state index is 0.0829. The second-order valence-electron chi connectivity index (χ2n) is 7.95. The van der Waals surface area contributed by atoms with Crippen LogP contribution in [0.25, 0.3) is 0 Å². The number of nitrogens with zero attached hydrogens (tertiary/aromatic N) is 3. The maximum atomic E-state index is 12.2. The average Bonchev–Trinajstić information content (AvgIpc) is 2.84. The number of carbonyl (C=O) groups excluding carboxylic acids is 1. The molecule has 1 saturated heterocycles. The molecular weight excluding hydrogens is 384 g/mol. The summed E-state index contributed by atoms with van der Waals surface area (Å²) in [7, 11) is 0. The molecule has 0 unspecified atom stereocenters. The average molecular weight is 415 g/mol. The molecule has 2 aromatic carbocycles. The highest BCUT2D eigenvalue weighted by atomic mass is 16.1. The topological polar surface area (TPSA) is 48.5 Å². The fraction of sp³-hybridized carbons (Fsp3) is 0.308. The Morgan fingerprint density at radius 1 is 0.839 bits per heavy atom. The third-order valence-electron chi connectivity index (χ3n) is 5.85. The van der Waals surface area contributed by atoms with Crippen molar-refractivity contribution in [2.45, 2.75) is 19.0 Å². The third kappa shape index (κ3) is 6.00. The minimum Gasteiger partial charge on any atom is -0.350 e. The molecule has 31 heavy (non-hydrogen) atoms. The third-order valence-corrected chi connectivity index (χ3v) is 5.85. The van der Waals surface area contributed by atoms with E-state index in [4.69, 9.17) is 0 Å². The number of rotatable bonds is 8. The van der Waals surface area contributed by atoms with Crippen molar-refractivity contribution in [3.05, 3.63) is 102 Å². The summed E-state index contributed by atoms with van der Waals surface area (Å²) in [5.74, 6) is 0.0829. The highest BCUT2D eigenvalue weighted by Crippen LogP contribution is 2.29. The van der Waals surface area contributed by atoms with Crippen molar-refractivity contribution in [3.8, 4) is 0 Å². The molecule has 4 rings (SSSR count). The molecule has 160 valence electrons. The number of carbonyl (C=O) groups is 1. The van der Waals surface area contributed by atoms with E-state index in [9.17, 15) is 4.79 Å². The SMILES string of the molecule is O=C(CCN1CCN(C(c2ccccc2)c2ccccc2)CC1)NCc1ccccn1. The van der Waals surface area contributed by atoms with Crippen LogP contribution in [0, 0.1) is 0 Å². The van der Waals surface area contributed by atoms with E-state index in [1.807, 2.05) is 18.2 Å². The first kappa shape index (κ1) is 21.2. The predicted octanol–water partition coefficient (Wildman–Crippen LogP) is 3.50. The number of amides is 1. The Kier molecular flexibility index (Phi) is 7.42. The van der Waals surface area contributed by atoms with Crippen LogP contribution < -0.4 is 5.32 Å². The Balaban J connectivity index is 1.28. The number of pyridine rings is 1. The molecule has 1 aromatic heterocycles. The summed E-state index contributed by atoms with van der Waals surface area (Å²) in [5, 5.41) is 2.97. The first-order valence-corrected chi connectivity index (χ1v) is 11.0. The Morgan fingerprint density at radius 2 is 1.45 bits per heavy atom. The second kappa shape index (κ2) is 10.8. The summed E-state index contributed by atoms with van der Waals surface area (Å²) < 4.78 is 0. The van der Waals surface area contributed by atoms with Crippen LogP contribution in [0.1, 0.15) is 29.3 Å². The molecule has 0 saturated carbocycles. The lowest BCUT2D eigenvalue weighted by atomic mass is 9.96. The Morgan fingerprint density at radius 3 is 2.03 bits per heavy atom. The highest BCUT2D eigenvalue weighted by molar-refractivity contribution is 5.76. The van der Waals surface area contributed by atoms with Crippen LogP contribution in [0.4, 0.5) is 0 Å². The first-order valence-electron chi connectivity index (χ1n) is 11.0. The summed E-state index contributed by atoms with van der Waals surface area (Å²) in [6, 6.07) is 27.5. The standard InChI is InChI=1S/C26H30N4O/c31-25(28-21-24-13-7-8-15-27-24)14-16-29-17-19-30(20-18-29)26(22-9-3-1-4-10-22)23-11-5-2-6-12-23/h1-13,15,26H,14,16-21H2,(H,28,31). The number of hydrogen-bond donors (Lipinski definition) is 1. The summed E-state index contributed by atoms with van der Waals surface area (Å²) in [4.78, 5) is 21.4. The van der Waals surface area contributed by atoms with Gasteiger partial charge in [-0.2, -0.15) is 0 Å². The van der Waals surface area contributed by atoms with Crippen molar-refractivity contribution < 1.29 is 4.79 Å². The molecule has 5 nitrogen and oxygen atoms in total. The van der Waals surface area contributed by atoms with Gasteiger partial charge in [0.2, 0.25) is 5.91 Å². The number of nitrogens with one attached hydrogen (secondary N) is 1. The lowest BCUT2D eigenvalue weighted by molar-refractivity contribution is -0.121. The molecular formula is C26H30N4O. The molecule has 1 aliphatic heterocycles. The van der Waals surface area contributed by atoms with E-state index < -0.39 is 0 Å². The largest absolute Gasteiger partial charge is 0.350 e. The van der Waals surface area contributed by atoms with Gasteiger partial charge in [-0.25, -0.2) is 0 Å². The highest BCUT2D eigenvalue weighted by Gasteiger charge is 2.26. The number of benzene rings is 2. The molecule has 5 heteroatoms. The number of aromatic nitrogens is 1. The fourth-order valence-corrected chi connectivity index (χ4v) is 4.17. The molecule has 0 aliphatic carbocycles. The van der Waals surface area contributed by atoms with Crippen molar-refractivity contribution in [1.82, 2.24) is 20.1 Å². The molecule has 0 bridgehead atoms. The smallest absolute Gasteiger partial charge is 0.221 e. The molecule has 0 atom stereocenters. The van der Waals surface area contributed by atoms with Gasteiger partial charge in [-0.05, 0) is 23.3 Å². The van der Waals surface area contributed by atoms with Gasteiger partial charge in [0.15, 0.2) is 0 Å². The number of hydrogen-bond acceptors (Lipinski definition) is 4. The van der Waals surface area contributed by atoms with Crippen molar-refractivity contribution in [2.24, 2.45) is 0 Å². The van der Waals surface area contributed by atoms with Crippen LogP contribution >= 0.6 is 0 Å². The van der Waals surface area contributed by atoms with Gasteiger partial charge in [-0.1, -0.05) is 66.7 Å². The van der Waals surface area contributed by atoms with Gasteiger partial charge in [-0.15, -0.1) is 0 Å². The summed E-state index contributed by atoms with van der Waals surface area (Å²) in [6.07, 6.45) is 2.27. The first-order chi connectivity index (χ1) is 15.3. The van der Waals surface area contributed by atoms with E-state index in [-0.39, 0.29) is 11.9 Å². The molecule has 2 heterocycles. The second-order valence-corrected chi connectivity index (χ2v) is 7.95. The van der Waals surface area contributed by atoms with Crippen LogP contribution in [0.3, 0.4) is 0 Å². The van der Waals surface area contributed by atoms with Gasteiger partial charge in [0.05, 0.1) is 18.3 Å². The van der Waals surface area contributed by atoms with E-state index in [1.54, 1.807) is 6.20 Å². The van der Waals surface area contributed by atoms with Crippen LogP contribution in [-0.2, 0) is 11.3 Å². The van der Waals surface area contributed by atoms with Crippen molar-refractivity contribution >= 4 is 5.91 Å². The number of piperazine rings is 1. The lowest BCUT2D eigenvalue weighted by Gasteiger charge is -2.39. The molecule has 1 aliphatic rings. The lowest BCUT2D eigenvalue weighted by Crippen LogP contribution is -2.48. The zero-order chi connectivity index (χ0) is 21.3. The van der Waals surface area contributed by atoms with Crippen LogP contribution in [0.2, 0.25) is 0 Å². The van der Waals surface area contributed by atoms with Gasteiger partial charge in [0.1, 0.15) is 0 Å². The molecule has 1 amide bonds. The monoisotopic (exact) mass is 414 g/mol. The normalized spacial score (nSPS) is 15.1. The Bertz CT molecular complexity index is 886.